The minimum absolute atomic E-state index is 0.608. The summed E-state index contributed by atoms with van der Waals surface area (Å²) in [6.07, 6.45) is 3.84. The van der Waals surface area contributed by atoms with E-state index in [1.807, 2.05) is 19.1 Å². The fourth-order valence-electron chi connectivity index (χ4n) is 1.03. The molecule has 0 saturated carbocycles. The lowest BCUT2D eigenvalue weighted by molar-refractivity contribution is -0.104. The summed E-state index contributed by atoms with van der Waals surface area (Å²) in [4.78, 5) is 10.1. The molecule has 0 amide bonds. The fraction of sp³-hybridized carbons (Fsp3) is 0.0909. The molecule has 0 heterocycles. The maximum absolute atomic E-state index is 10.1. The van der Waals surface area contributed by atoms with Gasteiger partial charge in [-0.15, -0.1) is 0 Å². The Morgan fingerprint density at radius 1 is 1.46 bits per heavy atom. The van der Waals surface area contributed by atoms with E-state index in [4.69, 9.17) is 5.26 Å². The SMILES string of the molecule is Cc1ccc(C#N)cc1C=CC=O. The van der Waals surface area contributed by atoms with E-state index in [0.29, 0.717) is 5.56 Å². The summed E-state index contributed by atoms with van der Waals surface area (Å²) in [6.45, 7) is 1.94. The fourth-order valence-corrected chi connectivity index (χ4v) is 1.03. The summed E-state index contributed by atoms with van der Waals surface area (Å²) < 4.78 is 0. The van der Waals surface area contributed by atoms with Gasteiger partial charge in [0.05, 0.1) is 11.6 Å². The molecule has 1 rings (SSSR count). The van der Waals surface area contributed by atoms with Crippen LogP contribution >= 0.6 is 0 Å². The summed E-state index contributed by atoms with van der Waals surface area (Å²) in [5.41, 5.74) is 2.57. The second-order valence-electron chi connectivity index (χ2n) is 2.68. The molecule has 0 radical (unpaired) electrons. The van der Waals surface area contributed by atoms with Crippen LogP contribution in [0.1, 0.15) is 16.7 Å². The van der Waals surface area contributed by atoms with Crippen LogP contribution in [0.4, 0.5) is 0 Å². The first-order valence-electron chi connectivity index (χ1n) is 3.90. The molecular formula is C11H9NO. The van der Waals surface area contributed by atoms with Crippen LogP contribution in [0.25, 0.3) is 6.08 Å². The number of hydrogen-bond acceptors (Lipinski definition) is 2. The van der Waals surface area contributed by atoms with Gasteiger partial charge in [0.15, 0.2) is 0 Å². The molecule has 2 nitrogen and oxygen atoms in total. The first-order valence-corrected chi connectivity index (χ1v) is 3.90. The van der Waals surface area contributed by atoms with Crippen LogP contribution in [0.15, 0.2) is 24.3 Å². The van der Waals surface area contributed by atoms with Crippen molar-refractivity contribution in [3.63, 3.8) is 0 Å². The monoisotopic (exact) mass is 171 g/mol. The van der Waals surface area contributed by atoms with Crippen molar-refractivity contribution < 1.29 is 4.79 Å². The van der Waals surface area contributed by atoms with Crippen LogP contribution in [-0.2, 0) is 4.79 Å². The first-order chi connectivity index (χ1) is 6.27. The predicted octanol–water partition coefficient (Wildman–Crippen LogP) is 2.08. The standard InChI is InChI=1S/C11H9NO/c1-9-4-5-10(8-12)7-11(9)3-2-6-13/h2-7H,1H3. The molecule has 2 heteroatoms. The van der Waals surface area contributed by atoms with Crippen LogP contribution in [0.3, 0.4) is 0 Å². The van der Waals surface area contributed by atoms with Crippen molar-refractivity contribution in [2.75, 3.05) is 0 Å². The Hall–Kier alpha value is -1.88. The normalized spacial score (nSPS) is 9.85. The van der Waals surface area contributed by atoms with Crippen LogP contribution in [0.5, 0.6) is 0 Å². The molecule has 0 aliphatic carbocycles. The van der Waals surface area contributed by atoms with E-state index in [9.17, 15) is 4.79 Å². The van der Waals surface area contributed by atoms with E-state index in [1.54, 1.807) is 18.2 Å². The highest BCUT2D eigenvalue weighted by Gasteiger charge is 1.95. The number of hydrogen-bond donors (Lipinski definition) is 0. The maximum Gasteiger partial charge on any atom is 0.142 e. The quantitative estimate of drug-likeness (QED) is 0.505. The molecule has 1 aromatic rings. The summed E-state index contributed by atoms with van der Waals surface area (Å²) in [7, 11) is 0. The van der Waals surface area contributed by atoms with Crippen LogP contribution in [0, 0.1) is 18.3 Å². The Morgan fingerprint density at radius 3 is 2.85 bits per heavy atom. The summed E-state index contributed by atoms with van der Waals surface area (Å²) in [6, 6.07) is 7.43. The second kappa shape index (κ2) is 4.22. The molecule has 0 atom stereocenters. The minimum Gasteiger partial charge on any atom is -0.299 e. The number of rotatable bonds is 2. The van der Waals surface area contributed by atoms with Crippen molar-refractivity contribution in [1.29, 1.82) is 5.26 Å². The van der Waals surface area contributed by atoms with Crippen molar-refractivity contribution >= 4 is 12.4 Å². The van der Waals surface area contributed by atoms with Crippen molar-refractivity contribution in [2.24, 2.45) is 0 Å². The van der Waals surface area contributed by atoms with Gasteiger partial charge in [-0.3, -0.25) is 4.79 Å². The third-order valence-corrected chi connectivity index (χ3v) is 1.76. The van der Waals surface area contributed by atoms with E-state index < -0.39 is 0 Å². The van der Waals surface area contributed by atoms with Gasteiger partial charge in [0.25, 0.3) is 0 Å². The Morgan fingerprint density at radius 2 is 2.23 bits per heavy atom. The van der Waals surface area contributed by atoms with Gasteiger partial charge >= 0.3 is 0 Å². The van der Waals surface area contributed by atoms with Crippen molar-refractivity contribution in [2.45, 2.75) is 6.92 Å². The molecule has 0 spiro atoms. The number of benzene rings is 1. The van der Waals surface area contributed by atoms with Crippen molar-refractivity contribution in [3.8, 4) is 6.07 Å². The van der Waals surface area contributed by atoms with Crippen LogP contribution < -0.4 is 0 Å². The molecule has 0 unspecified atom stereocenters. The van der Waals surface area contributed by atoms with Gasteiger partial charge in [-0.25, -0.2) is 0 Å². The number of nitriles is 1. The lowest BCUT2D eigenvalue weighted by Crippen LogP contribution is -1.82. The number of aryl methyl sites for hydroxylation is 1. The van der Waals surface area contributed by atoms with Gasteiger partial charge in [0.1, 0.15) is 6.29 Å². The highest BCUT2D eigenvalue weighted by molar-refractivity contribution is 5.74. The van der Waals surface area contributed by atoms with Crippen LogP contribution in [0.2, 0.25) is 0 Å². The maximum atomic E-state index is 10.1. The first kappa shape index (κ1) is 9.21. The lowest BCUT2D eigenvalue weighted by atomic mass is 10.1. The number of nitrogens with zero attached hydrogens (tertiary/aromatic N) is 1. The Labute approximate surface area is 77.1 Å². The molecule has 0 fully saturated rings. The van der Waals surface area contributed by atoms with E-state index >= 15 is 0 Å². The van der Waals surface area contributed by atoms with Crippen LogP contribution in [-0.4, -0.2) is 6.29 Å². The minimum atomic E-state index is 0.608. The van der Waals surface area contributed by atoms with E-state index in [2.05, 4.69) is 0 Å². The molecule has 0 aliphatic heterocycles. The molecule has 0 N–H and O–H groups in total. The molecule has 64 valence electrons. The second-order valence-corrected chi connectivity index (χ2v) is 2.68. The molecule has 1 aromatic carbocycles. The van der Waals surface area contributed by atoms with Gasteiger partial charge in [0.2, 0.25) is 0 Å². The van der Waals surface area contributed by atoms with Gasteiger partial charge in [-0.1, -0.05) is 12.1 Å². The summed E-state index contributed by atoms with van der Waals surface area (Å²) in [5, 5.41) is 8.63. The van der Waals surface area contributed by atoms with Gasteiger partial charge in [-0.2, -0.15) is 5.26 Å². The number of aldehydes is 1. The molecule has 0 bridgehead atoms. The largest absolute Gasteiger partial charge is 0.299 e. The topological polar surface area (TPSA) is 40.9 Å². The smallest absolute Gasteiger partial charge is 0.142 e. The van der Waals surface area contributed by atoms with E-state index in [1.165, 1.54) is 6.08 Å². The number of carbonyl (C=O) groups is 1. The van der Waals surface area contributed by atoms with Crippen molar-refractivity contribution in [1.82, 2.24) is 0 Å². The number of carbonyl (C=O) groups excluding carboxylic acids is 1. The third-order valence-electron chi connectivity index (χ3n) is 1.76. The highest BCUT2D eigenvalue weighted by atomic mass is 16.1. The molecular weight excluding hydrogens is 162 g/mol. The molecule has 0 saturated heterocycles. The molecule has 0 aliphatic rings. The zero-order valence-electron chi connectivity index (χ0n) is 7.32. The Balaban J connectivity index is 3.12. The molecule has 0 aromatic heterocycles. The third kappa shape index (κ3) is 2.28. The average Bonchev–Trinajstić information content (AvgIpc) is 2.17. The molecule has 13 heavy (non-hydrogen) atoms. The Kier molecular flexibility index (Phi) is 2.99. The highest BCUT2D eigenvalue weighted by Crippen LogP contribution is 2.11. The summed E-state index contributed by atoms with van der Waals surface area (Å²) in [5.74, 6) is 0. The van der Waals surface area contributed by atoms with E-state index in [0.717, 1.165) is 17.4 Å². The van der Waals surface area contributed by atoms with Gasteiger partial charge in [0, 0.05) is 0 Å². The number of allylic oxidation sites excluding steroid dienone is 1. The summed E-state index contributed by atoms with van der Waals surface area (Å²) >= 11 is 0. The van der Waals surface area contributed by atoms with E-state index in [-0.39, 0.29) is 0 Å². The average molecular weight is 171 g/mol. The predicted molar refractivity (Wildman–Crippen MR) is 51.0 cm³/mol. The van der Waals surface area contributed by atoms with Gasteiger partial charge in [-0.05, 0) is 36.3 Å². The van der Waals surface area contributed by atoms with Crippen molar-refractivity contribution in [3.05, 3.63) is 41.0 Å². The van der Waals surface area contributed by atoms with Gasteiger partial charge < -0.3 is 0 Å². The zero-order chi connectivity index (χ0) is 9.68. The Bertz CT molecular complexity index is 386. The lowest BCUT2D eigenvalue weighted by Gasteiger charge is -1.98. The zero-order valence-corrected chi connectivity index (χ0v) is 7.32.